The minimum Gasteiger partial charge on any atom is -0.494 e. The molecule has 3 heterocycles. The molecule has 9 heteroatoms. The van der Waals surface area contributed by atoms with Crippen LogP contribution in [0, 0.1) is 23.2 Å². The fourth-order valence-electron chi connectivity index (χ4n) is 6.34. The van der Waals surface area contributed by atoms with Gasteiger partial charge in [0.2, 0.25) is 5.91 Å². The molecule has 0 unspecified atom stereocenters. The van der Waals surface area contributed by atoms with Crippen LogP contribution in [0.5, 0.6) is 5.75 Å². The van der Waals surface area contributed by atoms with Gasteiger partial charge >= 0.3 is 0 Å². The molecule has 0 aliphatic heterocycles. The lowest BCUT2D eigenvalue weighted by atomic mass is 9.79. The van der Waals surface area contributed by atoms with Crippen LogP contribution >= 0.6 is 11.3 Å². The third kappa shape index (κ3) is 6.29. The van der Waals surface area contributed by atoms with E-state index in [1.807, 2.05) is 29.2 Å². The number of thiazole rings is 1. The number of methoxy groups -OCH3 is 1. The van der Waals surface area contributed by atoms with Gasteiger partial charge in [0, 0.05) is 47.1 Å². The van der Waals surface area contributed by atoms with Crippen molar-refractivity contribution in [2.24, 2.45) is 11.8 Å². The number of aliphatic hydroxyl groups excluding tert-OH is 1. The smallest absolute Gasteiger partial charge is 0.231 e. The molecule has 0 aromatic carbocycles. The Bertz CT molecular complexity index is 1410. The highest BCUT2D eigenvalue weighted by Crippen LogP contribution is 2.43. The zero-order valence-corrected chi connectivity index (χ0v) is 24.4. The van der Waals surface area contributed by atoms with Crippen LogP contribution in [-0.4, -0.2) is 45.7 Å². The first-order chi connectivity index (χ1) is 20.0. The number of aromatic nitrogens is 3. The molecule has 1 N–H and O–H groups in total. The highest BCUT2D eigenvalue weighted by atomic mass is 32.1. The summed E-state index contributed by atoms with van der Waals surface area (Å²) < 4.78 is 5.26. The molecule has 3 saturated carbocycles. The van der Waals surface area contributed by atoms with E-state index in [1.54, 1.807) is 24.6 Å². The number of rotatable bonds is 8. The van der Waals surface area contributed by atoms with E-state index in [9.17, 15) is 15.2 Å². The highest BCUT2D eigenvalue weighted by Gasteiger charge is 2.33. The molecule has 0 spiro atoms. The molecule has 0 bridgehead atoms. The van der Waals surface area contributed by atoms with Crippen LogP contribution in [0.1, 0.15) is 92.4 Å². The van der Waals surface area contributed by atoms with Gasteiger partial charge in [0.25, 0.3) is 0 Å². The first-order valence-electron chi connectivity index (χ1n) is 14.9. The van der Waals surface area contributed by atoms with Gasteiger partial charge in [-0.05, 0) is 94.4 Å². The molecule has 3 aromatic rings. The van der Waals surface area contributed by atoms with Gasteiger partial charge in [0.15, 0.2) is 11.4 Å². The predicted molar refractivity (Wildman–Crippen MR) is 158 cm³/mol. The van der Waals surface area contributed by atoms with E-state index in [2.05, 4.69) is 16.4 Å². The Morgan fingerprint density at radius 2 is 1.80 bits per heavy atom. The van der Waals surface area contributed by atoms with E-state index >= 15 is 0 Å². The van der Waals surface area contributed by atoms with Crippen LogP contribution in [-0.2, 0) is 4.79 Å². The van der Waals surface area contributed by atoms with Gasteiger partial charge in [0.05, 0.1) is 23.9 Å². The minimum absolute atomic E-state index is 0.0890. The lowest BCUT2D eigenvalue weighted by Crippen LogP contribution is -2.42. The quantitative estimate of drug-likeness (QED) is 0.342. The molecule has 0 radical (unpaired) electrons. The Morgan fingerprint density at radius 1 is 1.05 bits per heavy atom. The molecule has 0 atom stereocenters. The summed E-state index contributed by atoms with van der Waals surface area (Å²) in [6.07, 6.45) is 10.6. The third-order valence-electron chi connectivity index (χ3n) is 8.99. The lowest BCUT2D eigenvalue weighted by Gasteiger charge is -2.35. The Hall–Kier alpha value is -3.35. The van der Waals surface area contributed by atoms with Crippen LogP contribution in [0.4, 0.5) is 5.82 Å². The maximum atomic E-state index is 14.0. The van der Waals surface area contributed by atoms with Crippen LogP contribution < -0.4 is 9.64 Å². The molecule has 3 aliphatic rings. The average molecular weight is 572 g/mol. The lowest BCUT2D eigenvalue weighted by molar-refractivity contribution is -0.124. The first-order valence-corrected chi connectivity index (χ1v) is 15.8. The van der Waals surface area contributed by atoms with E-state index in [-0.39, 0.29) is 17.9 Å². The highest BCUT2D eigenvalue weighted by molar-refractivity contribution is 7.10. The molecule has 214 valence electrons. The third-order valence-corrected chi connectivity index (χ3v) is 10.00. The van der Waals surface area contributed by atoms with Gasteiger partial charge in [-0.15, -0.1) is 11.3 Å². The summed E-state index contributed by atoms with van der Waals surface area (Å²) in [7, 11) is 1.55. The number of ether oxygens (including phenoxy) is 1. The second-order valence-electron chi connectivity index (χ2n) is 11.8. The van der Waals surface area contributed by atoms with Crippen molar-refractivity contribution in [3.8, 4) is 23.1 Å². The van der Waals surface area contributed by atoms with Crippen LogP contribution in [0.15, 0.2) is 35.8 Å². The standard InChI is InChI=1S/C32H37N5O3S/c1-40-29-13-12-26(35-27(29)17-33)21-4-2-20(3-5-21)18-37(32(39)23-8-10-25(38)11-9-23)30-16-24(14-15-34-30)28-19-41-31(36-28)22-6-7-22/h12-16,19-23,25,38H,2-11,18H2,1H3/t20-,21-,23-,25-. The number of aliphatic hydroxyl groups is 1. The molecule has 3 fully saturated rings. The number of amides is 1. The topological polar surface area (TPSA) is 112 Å². The number of nitriles is 1. The zero-order chi connectivity index (χ0) is 28.3. The Balaban J connectivity index is 1.19. The summed E-state index contributed by atoms with van der Waals surface area (Å²) in [6.45, 7) is 0.630. The Morgan fingerprint density at radius 3 is 2.51 bits per heavy atom. The maximum absolute atomic E-state index is 14.0. The fourth-order valence-corrected chi connectivity index (χ4v) is 7.34. The molecular weight excluding hydrogens is 534 g/mol. The summed E-state index contributed by atoms with van der Waals surface area (Å²) in [5, 5.41) is 22.8. The van der Waals surface area contributed by atoms with Gasteiger partial charge in [-0.25, -0.2) is 15.0 Å². The summed E-state index contributed by atoms with van der Waals surface area (Å²) in [4.78, 5) is 30.1. The van der Waals surface area contributed by atoms with E-state index in [0.29, 0.717) is 67.2 Å². The number of anilines is 1. The van der Waals surface area contributed by atoms with Crippen molar-refractivity contribution in [2.75, 3.05) is 18.6 Å². The molecule has 1 amide bonds. The first kappa shape index (κ1) is 27.8. The van der Waals surface area contributed by atoms with E-state index < -0.39 is 0 Å². The van der Waals surface area contributed by atoms with Gasteiger partial charge in [-0.3, -0.25) is 9.69 Å². The van der Waals surface area contributed by atoms with Crippen molar-refractivity contribution in [3.63, 3.8) is 0 Å². The van der Waals surface area contributed by atoms with Gasteiger partial charge < -0.3 is 9.84 Å². The van der Waals surface area contributed by atoms with Crippen LogP contribution in [0.25, 0.3) is 11.3 Å². The molecule has 0 saturated heterocycles. The molecule has 3 aliphatic carbocycles. The summed E-state index contributed by atoms with van der Waals surface area (Å²) >= 11 is 1.72. The minimum atomic E-state index is -0.303. The summed E-state index contributed by atoms with van der Waals surface area (Å²) in [6, 6.07) is 9.96. The van der Waals surface area contributed by atoms with Gasteiger partial charge in [-0.1, -0.05) is 0 Å². The second kappa shape index (κ2) is 12.3. The van der Waals surface area contributed by atoms with Crippen molar-refractivity contribution in [3.05, 3.63) is 52.2 Å². The second-order valence-corrected chi connectivity index (χ2v) is 12.7. The molecule has 8 nitrogen and oxygen atoms in total. The number of carbonyl (C=O) groups is 1. The van der Waals surface area contributed by atoms with Crippen LogP contribution in [0.2, 0.25) is 0 Å². The normalized spacial score (nSPS) is 24.4. The van der Waals surface area contributed by atoms with Gasteiger partial charge in [-0.2, -0.15) is 5.26 Å². The monoisotopic (exact) mass is 571 g/mol. The molecule has 41 heavy (non-hydrogen) atoms. The van der Waals surface area contributed by atoms with Crippen LogP contribution in [0.3, 0.4) is 0 Å². The number of hydrogen-bond acceptors (Lipinski definition) is 8. The molecular formula is C32H37N5O3S. The Labute approximate surface area is 245 Å². The van der Waals surface area contributed by atoms with Crippen molar-refractivity contribution in [1.29, 1.82) is 5.26 Å². The average Bonchev–Trinajstić information content (AvgIpc) is 3.75. The van der Waals surface area contributed by atoms with Crippen molar-refractivity contribution in [2.45, 2.75) is 82.1 Å². The molecule has 6 rings (SSSR count). The predicted octanol–water partition coefficient (Wildman–Crippen LogP) is 6.22. The van der Waals surface area contributed by atoms with Gasteiger partial charge in [0.1, 0.15) is 11.9 Å². The fraction of sp³-hybridized carbons (Fsp3) is 0.531. The molecule has 3 aromatic heterocycles. The Kier molecular flexibility index (Phi) is 8.31. The SMILES string of the molecule is COc1ccc([C@H]2CC[C@H](CN(c3cc(-c4csc(C5CC5)n4)ccn3)C(=O)[C@H]3CC[C@H](O)CC3)CC2)nc1C#N. The maximum Gasteiger partial charge on any atom is 0.231 e. The number of hydrogen-bond donors (Lipinski definition) is 1. The van der Waals surface area contributed by atoms with E-state index in [4.69, 9.17) is 14.7 Å². The van der Waals surface area contributed by atoms with E-state index in [0.717, 1.165) is 42.6 Å². The van der Waals surface area contributed by atoms with E-state index in [1.165, 1.54) is 17.8 Å². The number of carbonyl (C=O) groups excluding carboxylic acids is 1. The number of nitrogens with zero attached hydrogens (tertiary/aromatic N) is 5. The zero-order valence-electron chi connectivity index (χ0n) is 23.5. The number of pyridine rings is 2. The van der Waals surface area contributed by atoms with Crippen molar-refractivity contribution >= 4 is 23.1 Å². The van der Waals surface area contributed by atoms with Crippen molar-refractivity contribution < 1.29 is 14.6 Å². The van der Waals surface area contributed by atoms with Crippen molar-refractivity contribution in [1.82, 2.24) is 15.0 Å². The summed E-state index contributed by atoms with van der Waals surface area (Å²) in [5.74, 6) is 2.49. The summed E-state index contributed by atoms with van der Waals surface area (Å²) in [5.41, 5.74) is 3.23. The largest absolute Gasteiger partial charge is 0.494 e.